The molecule has 6 heteroatoms. The molecule has 1 saturated heterocycles. The number of hydrogen-bond donors (Lipinski definition) is 2. The molecule has 0 bridgehead atoms. The predicted molar refractivity (Wildman–Crippen MR) is 103 cm³/mol. The third-order valence-corrected chi connectivity index (χ3v) is 5.38. The van der Waals surface area contributed by atoms with Gasteiger partial charge in [-0.2, -0.15) is 0 Å². The summed E-state index contributed by atoms with van der Waals surface area (Å²) in [7, 11) is 0. The summed E-state index contributed by atoms with van der Waals surface area (Å²) in [5, 5.41) is 6.82. The normalized spacial score (nSPS) is 22.7. The molecule has 2 fully saturated rings. The second-order valence-corrected chi connectivity index (χ2v) is 7.46. The number of likely N-dealkylation sites (tertiary alicyclic amines) is 1. The molecular formula is C20H30N4O2. The van der Waals surface area contributed by atoms with E-state index in [1.807, 2.05) is 6.07 Å². The highest BCUT2D eigenvalue weighted by molar-refractivity contribution is 5.79. The van der Waals surface area contributed by atoms with E-state index in [0.29, 0.717) is 12.7 Å². The van der Waals surface area contributed by atoms with E-state index in [2.05, 4.69) is 34.6 Å². The summed E-state index contributed by atoms with van der Waals surface area (Å²) in [5.74, 6) is 3.33. The average Bonchev–Trinajstić information content (AvgIpc) is 3.21. The Morgan fingerprint density at radius 1 is 1.19 bits per heavy atom. The highest BCUT2D eigenvalue weighted by Crippen LogP contribution is 2.33. The Morgan fingerprint density at radius 3 is 2.92 bits per heavy atom. The predicted octanol–water partition coefficient (Wildman–Crippen LogP) is 2.00. The molecule has 1 aromatic carbocycles. The van der Waals surface area contributed by atoms with E-state index in [4.69, 9.17) is 14.5 Å². The van der Waals surface area contributed by atoms with Gasteiger partial charge in [-0.1, -0.05) is 6.07 Å². The highest BCUT2D eigenvalue weighted by atomic mass is 16.7. The van der Waals surface area contributed by atoms with Crippen molar-refractivity contribution in [3.05, 3.63) is 23.8 Å². The molecular weight excluding hydrogens is 328 g/mol. The van der Waals surface area contributed by atoms with Gasteiger partial charge in [0.25, 0.3) is 0 Å². The number of benzene rings is 1. The molecule has 1 atom stereocenters. The molecule has 26 heavy (non-hydrogen) atoms. The summed E-state index contributed by atoms with van der Waals surface area (Å²) in [6.07, 6.45) is 5.02. The van der Waals surface area contributed by atoms with Crippen molar-refractivity contribution in [2.75, 3.05) is 39.5 Å². The van der Waals surface area contributed by atoms with Gasteiger partial charge < -0.3 is 25.0 Å². The zero-order chi connectivity index (χ0) is 17.8. The van der Waals surface area contributed by atoms with Crippen LogP contribution >= 0.6 is 0 Å². The molecule has 142 valence electrons. The maximum atomic E-state index is 5.45. The fourth-order valence-corrected chi connectivity index (χ4v) is 3.77. The second-order valence-electron chi connectivity index (χ2n) is 7.46. The van der Waals surface area contributed by atoms with Crippen molar-refractivity contribution in [2.45, 2.75) is 38.6 Å². The van der Waals surface area contributed by atoms with Crippen molar-refractivity contribution in [2.24, 2.45) is 10.9 Å². The Hall–Kier alpha value is -1.95. The van der Waals surface area contributed by atoms with E-state index in [1.165, 1.54) is 37.9 Å². The van der Waals surface area contributed by atoms with Gasteiger partial charge in [0, 0.05) is 32.2 Å². The molecule has 0 amide bonds. The van der Waals surface area contributed by atoms with Gasteiger partial charge >= 0.3 is 0 Å². The van der Waals surface area contributed by atoms with E-state index in [0.717, 1.165) is 49.6 Å². The van der Waals surface area contributed by atoms with Crippen molar-refractivity contribution in [3.8, 4) is 11.5 Å². The van der Waals surface area contributed by atoms with Crippen LogP contribution in [-0.2, 0) is 6.42 Å². The van der Waals surface area contributed by atoms with Gasteiger partial charge in [0.05, 0.1) is 0 Å². The van der Waals surface area contributed by atoms with E-state index >= 15 is 0 Å². The van der Waals surface area contributed by atoms with Gasteiger partial charge in [-0.3, -0.25) is 4.99 Å². The van der Waals surface area contributed by atoms with Crippen LogP contribution in [0.2, 0.25) is 0 Å². The van der Waals surface area contributed by atoms with Crippen molar-refractivity contribution >= 4 is 5.96 Å². The third-order valence-electron chi connectivity index (χ3n) is 5.38. The maximum Gasteiger partial charge on any atom is 0.231 e. The summed E-state index contributed by atoms with van der Waals surface area (Å²) in [5.41, 5.74) is 1.24. The van der Waals surface area contributed by atoms with Gasteiger partial charge in [-0.25, -0.2) is 0 Å². The molecule has 1 unspecified atom stereocenters. The van der Waals surface area contributed by atoms with Crippen LogP contribution in [0.4, 0.5) is 0 Å². The summed E-state index contributed by atoms with van der Waals surface area (Å²) in [6, 6.07) is 7.04. The SMILES string of the molecule is CCNC(=NCC1CCN(C2CC2)C1)NCCc1ccc2c(c1)OCO2. The zero-order valence-electron chi connectivity index (χ0n) is 15.7. The number of nitrogens with zero attached hydrogens (tertiary/aromatic N) is 2. The van der Waals surface area contributed by atoms with Crippen LogP contribution < -0.4 is 20.1 Å². The highest BCUT2D eigenvalue weighted by Gasteiger charge is 2.34. The average molecular weight is 358 g/mol. The lowest BCUT2D eigenvalue weighted by Gasteiger charge is -2.15. The molecule has 1 saturated carbocycles. The van der Waals surface area contributed by atoms with Gasteiger partial charge in [-0.15, -0.1) is 0 Å². The third kappa shape index (κ3) is 4.41. The van der Waals surface area contributed by atoms with E-state index in [9.17, 15) is 0 Å². The monoisotopic (exact) mass is 358 g/mol. The van der Waals surface area contributed by atoms with Crippen molar-refractivity contribution in [1.82, 2.24) is 15.5 Å². The lowest BCUT2D eigenvalue weighted by Crippen LogP contribution is -2.38. The van der Waals surface area contributed by atoms with Gasteiger partial charge in [-0.05, 0) is 62.8 Å². The molecule has 3 aliphatic rings. The van der Waals surface area contributed by atoms with Gasteiger partial charge in [0.15, 0.2) is 17.5 Å². The summed E-state index contributed by atoms with van der Waals surface area (Å²) >= 11 is 0. The number of aliphatic imine (C=N–C) groups is 1. The first-order valence-corrected chi connectivity index (χ1v) is 9.96. The van der Waals surface area contributed by atoms with Crippen LogP contribution in [0.25, 0.3) is 0 Å². The lowest BCUT2D eigenvalue weighted by atomic mass is 10.1. The first kappa shape index (κ1) is 17.5. The number of guanidine groups is 1. The van der Waals surface area contributed by atoms with E-state index in [1.54, 1.807) is 0 Å². The van der Waals surface area contributed by atoms with E-state index < -0.39 is 0 Å². The van der Waals surface area contributed by atoms with Crippen molar-refractivity contribution in [3.63, 3.8) is 0 Å². The van der Waals surface area contributed by atoms with E-state index in [-0.39, 0.29) is 0 Å². The van der Waals surface area contributed by atoms with Crippen LogP contribution in [0.3, 0.4) is 0 Å². The van der Waals surface area contributed by atoms with Crippen molar-refractivity contribution in [1.29, 1.82) is 0 Å². The minimum Gasteiger partial charge on any atom is -0.454 e. The number of nitrogens with one attached hydrogen (secondary N) is 2. The summed E-state index contributed by atoms with van der Waals surface area (Å²) < 4.78 is 10.8. The first-order chi connectivity index (χ1) is 12.8. The van der Waals surface area contributed by atoms with Crippen LogP contribution in [0.15, 0.2) is 23.2 Å². The number of hydrogen-bond acceptors (Lipinski definition) is 4. The Morgan fingerprint density at radius 2 is 2.08 bits per heavy atom. The number of fused-ring (bicyclic) bond motifs is 1. The lowest BCUT2D eigenvalue weighted by molar-refractivity contribution is 0.174. The Balaban J connectivity index is 1.24. The molecule has 6 nitrogen and oxygen atoms in total. The first-order valence-electron chi connectivity index (χ1n) is 9.96. The van der Waals surface area contributed by atoms with Crippen LogP contribution in [-0.4, -0.2) is 56.4 Å². The largest absolute Gasteiger partial charge is 0.454 e. The zero-order valence-corrected chi connectivity index (χ0v) is 15.7. The fourth-order valence-electron chi connectivity index (χ4n) is 3.77. The smallest absolute Gasteiger partial charge is 0.231 e. The molecule has 4 rings (SSSR count). The number of ether oxygens (including phenoxy) is 2. The molecule has 0 aromatic heterocycles. The molecule has 2 aliphatic heterocycles. The molecule has 2 N–H and O–H groups in total. The molecule has 2 heterocycles. The van der Waals surface area contributed by atoms with Gasteiger partial charge in [0.1, 0.15) is 0 Å². The second kappa shape index (κ2) is 8.16. The van der Waals surface area contributed by atoms with Crippen LogP contribution in [0, 0.1) is 5.92 Å². The van der Waals surface area contributed by atoms with Crippen LogP contribution in [0.1, 0.15) is 31.7 Å². The summed E-state index contributed by atoms with van der Waals surface area (Å²) in [6.45, 7) is 7.58. The van der Waals surface area contributed by atoms with Crippen LogP contribution in [0.5, 0.6) is 11.5 Å². The minimum atomic E-state index is 0.327. The summed E-state index contributed by atoms with van der Waals surface area (Å²) in [4.78, 5) is 7.47. The Kier molecular flexibility index (Phi) is 5.48. The minimum absolute atomic E-state index is 0.327. The molecule has 1 aromatic rings. The quantitative estimate of drug-likeness (QED) is 0.577. The van der Waals surface area contributed by atoms with Crippen molar-refractivity contribution < 1.29 is 9.47 Å². The molecule has 0 radical (unpaired) electrons. The Bertz CT molecular complexity index is 645. The fraction of sp³-hybridized carbons (Fsp3) is 0.650. The standard InChI is InChI=1S/C20H30N4O2/c1-2-21-20(23-12-16-8-10-24(13-16)17-4-5-17)22-9-7-15-3-6-18-19(11-15)26-14-25-18/h3,6,11,16-17H,2,4-5,7-10,12-14H2,1H3,(H2,21,22,23). The topological polar surface area (TPSA) is 58.1 Å². The maximum absolute atomic E-state index is 5.45. The van der Waals surface area contributed by atoms with Gasteiger partial charge in [0.2, 0.25) is 6.79 Å². The molecule has 0 spiro atoms. The number of rotatable bonds is 7. The Labute approximate surface area is 156 Å². The molecule has 1 aliphatic carbocycles.